The number of carbonyl (C=O) groups is 2. The van der Waals surface area contributed by atoms with Crippen molar-refractivity contribution in [2.45, 2.75) is 39.5 Å². The second-order valence-corrected chi connectivity index (χ2v) is 4.82. The van der Waals surface area contributed by atoms with Gasteiger partial charge in [0.2, 0.25) is 11.8 Å². The molecule has 4 nitrogen and oxygen atoms in total. The average molecular weight is 226 g/mol. The molecule has 2 saturated heterocycles. The molecule has 4 heteroatoms. The van der Waals surface area contributed by atoms with E-state index in [1.165, 1.54) is 19.5 Å². The van der Waals surface area contributed by atoms with Crippen LogP contribution in [0.5, 0.6) is 0 Å². The monoisotopic (exact) mass is 226 g/mol. The lowest BCUT2D eigenvalue weighted by Gasteiger charge is -2.10. The minimum absolute atomic E-state index is 0.138. The summed E-state index contributed by atoms with van der Waals surface area (Å²) in [5.41, 5.74) is 0. The van der Waals surface area contributed by atoms with E-state index >= 15 is 0 Å². The molecule has 0 aromatic carbocycles. The minimum atomic E-state index is -0.138. The van der Waals surface area contributed by atoms with Gasteiger partial charge < -0.3 is 5.32 Å². The molecule has 16 heavy (non-hydrogen) atoms. The van der Waals surface area contributed by atoms with Gasteiger partial charge >= 0.3 is 0 Å². The molecule has 2 aliphatic heterocycles. The Bertz CT molecular complexity index is 231. The van der Waals surface area contributed by atoms with Crippen LogP contribution >= 0.6 is 0 Å². The van der Waals surface area contributed by atoms with E-state index < -0.39 is 0 Å². The van der Waals surface area contributed by atoms with Crippen molar-refractivity contribution in [1.29, 1.82) is 0 Å². The van der Waals surface area contributed by atoms with Crippen molar-refractivity contribution in [3.05, 3.63) is 0 Å². The van der Waals surface area contributed by atoms with Crippen LogP contribution in [0.15, 0.2) is 0 Å². The summed E-state index contributed by atoms with van der Waals surface area (Å²) in [7, 11) is 0. The predicted molar refractivity (Wildman–Crippen MR) is 62.8 cm³/mol. The molecule has 1 unspecified atom stereocenters. The number of imide groups is 1. The lowest BCUT2D eigenvalue weighted by molar-refractivity contribution is -0.132. The largest absolute Gasteiger partial charge is 0.316 e. The van der Waals surface area contributed by atoms with E-state index in [4.69, 9.17) is 0 Å². The van der Waals surface area contributed by atoms with Crippen LogP contribution in [0.1, 0.15) is 39.5 Å². The number of nitrogens with one attached hydrogen (secondary N) is 2. The molecule has 0 bridgehead atoms. The molecule has 2 aliphatic rings. The lowest BCUT2D eigenvalue weighted by atomic mass is 9.96. The number of carbonyl (C=O) groups excluding carboxylic acids is 2. The van der Waals surface area contributed by atoms with E-state index in [1.54, 1.807) is 0 Å². The molecule has 2 amide bonds. The molecule has 0 saturated carbocycles. The Labute approximate surface area is 97.2 Å². The number of rotatable bonds is 1. The Kier molecular flexibility index (Phi) is 5.46. The highest BCUT2D eigenvalue weighted by Crippen LogP contribution is 2.16. The van der Waals surface area contributed by atoms with Gasteiger partial charge in [-0.2, -0.15) is 0 Å². The fraction of sp³-hybridized carbons (Fsp3) is 0.833. The van der Waals surface area contributed by atoms with Crippen LogP contribution in [-0.2, 0) is 9.59 Å². The molecule has 2 heterocycles. The standard InChI is InChI=1S/C7H15N.C5H7NO2/c1-6(2)7-3-4-8-5-7;7-4-2-1-3-5(8)6-4/h6-8H,3-5H2,1-2H3;1-3H2,(H,6,7,8). The van der Waals surface area contributed by atoms with Gasteiger partial charge in [-0.1, -0.05) is 13.8 Å². The van der Waals surface area contributed by atoms with Crippen LogP contribution < -0.4 is 10.6 Å². The minimum Gasteiger partial charge on any atom is -0.316 e. The van der Waals surface area contributed by atoms with Crippen molar-refractivity contribution in [1.82, 2.24) is 10.6 Å². The van der Waals surface area contributed by atoms with Crippen LogP contribution in [0.2, 0.25) is 0 Å². The fourth-order valence-corrected chi connectivity index (χ4v) is 1.94. The molecule has 2 N–H and O–H groups in total. The first-order valence-corrected chi connectivity index (χ1v) is 6.13. The van der Waals surface area contributed by atoms with E-state index in [2.05, 4.69) is 24.5 Å². The van der Waals surface area contributed by atoms with Gasteiger partial charge in [0.05, 0.1) is 0 Å². The first kappa shape index (κ1) is 13.2. The second kappa shape index (κ2) is 6.63. The molecule has 2 fully saturated rings. The summed E-state index contributed by atoms with van der Waals surface area (Å²) in [4.78, 5) is 20.7. The maximum absolute atomic E-state index is 10.3. The maximum atomic E-state index is 10.3. The van der Waals surface area contributed by atoms with Crippen molar-refractivity contribution < 1.29 is 9.59 Å². The Morgan fingerprint density at radius 3 is 2.06 bits per heavy atom. The highest BCUT2D eigenvalue weighted by Gasteiger charge is 2.16. The summed E-state index contributed by atoms with van der Waals surface area (Å²) in [6, 6.07) is 0. The first-order valence-electron chi connectivity index (χ1n) is 6.13. The topological polar surface area (TPSA) is 58.2 Å². The van der Waals surface area contributed by atoms with E-state index in [1.807, 2.05) is 0 Å². The quantitative estimate of drug-likeness (QED) is 0.657. The average Bonchev–Trinajstić information content (AvgIpc) is 2.70. The normalized spacial score (nSPS) is 25.1. The van der Waals surface area contributed by atoms with Crippen LogP contribution in [0, 0.1) is 11.8 Å². The number of hydrogen-bond acceptors (Lipinski definition) is 3. The zero-order chi connectivity index (χ0) is 12.0. The summed E-state index contributed by atoms with van der Waals surface area (Å²) >= 11 is 0. The molecule has 0 spiro atoms. The number of amides is 2. The van der Waals surface area contributed by atoms with Gasteiger partial charge in [0.25, 0.3) is 0 Å². The van der Waals surface area contributed by atoms with Crippen molar-refractivity contribution in [2.75, 3.05) is 13.1 Å². The van der Waals surface area contributed by atoms with Crippen LogP contribution in [0.4, 0.5) is 0 Å². The molecule has 0 aromatic rings. The van der Waals surface area contributed by atoms with Gasteiger partial charge in [0.15, 0.2) is 0 Å². The zero-order valence-electron chi connectivity index (χ0n) is 10.2. The van der Waals surface area contributed by atoms with Crippen molar-refractivity contribution in [3.8, 4) is 0 Å². The Morgan fingerprint density at radius 1 is 1.19 bits per heavy atom. The van der Waals surface area contributed by atoms with E-state index in [0.29, 0.717) is 19.3 Å². The summed E-state index contributed by atoms with van der Waals surface area (Å²) in [6.45, 7) is 7.09. The Morgan fingerprint density at radius 2 is 1.81 bits per heavy atom. The van der Waals surface area contributed by atoms with E-state index in [9.17, 15) is 9.59 Å². The van der Waals surface area contributed by atoms with Gasteiger partial charge in [0, 0.05) is 12.8 Å². The van der Waals surface area contributed by atoms with Gasteiger partial charge in [-0.25, -0.2) is 0 Å². The first-order chi connectivity index (χ1) is 7.59. The molecule has 0 radical (unpaired) electrons. The van der Waals surface area contributed by atoms with Gasteiger partial charge in [0.1, 0.15) is 0 Å². The molecular weight excluding hydrogens is 204 g/mol. The Hall–Kier alpha value is -0.900. The van der Waals surface area contributed by atoms with Gasteiger partial charge in [-0.05, 0) is 37.8 Å². The van der Waals surface area contributed by atoms with E-state index in [0.717, 1.165) is 11.8 Å². The third-order valence-corrected chi connectivity index (χ3v) is 3.13. The highest BCUT2D eigenvalue weighted by molar-refractivity contribution is 5.97. The predicted octanol–water partition coefficient (Wildman–Crippen LogP) is 1.06. The maximum Gasteiger partial charge on any atom is 0.226 e. The molecule has 0 aliphatic carbocycles. The van der Waals surface area contributed by atoms with Crippen LogP contribution in [0.25, 0.3) is 0 Å². The van der Waals surface area contributed by atoms with Gasteiger partial charge in [-0.15, -0.1) is 0 Å². The van der Waals surface area contributed by atoms with Crippen molar-refractivity contribution in [2.24, 2.45) is 11.8 Å². The van der Waals surface area contributed by atoms with Crippen LogP contribution in [-0.4, -0.2) is 24.9 Å². The molecule has 2 rings (SSSR count). The molecular formula is C12H22N2O2. The summed E-state index contributed by atoms with van der Waals surface area (Å²) in [6.07, 6.45) is 3.11. The number of piperidine rings is 1. The summed E-state index contributed by atoms with van der Waals surface area (Å²) < 4.78 is 0. The molecule has 1 atom stereocenters. The summed E-state index contributed by atoms with van der Waals surface area (Å²) in [5, 5.41) is 5.56. The SMILES string of the molecule is CC(C)C1CCNC1.O=C1CCCC(=O)N1. The second-order valence-electron chi connectivity index (χ2n) is 4.82. The Balaban J connectivity index is 0.000000160. The summed E-state index contributed by atoms with van der Waals surface area (Å²) in [5.74, 6) is 1.56. The third-order valence-electron chi connectivity index (χ3n) is 3.13. The lowest BCUT2D eigenvalue weighted by Crippen LogP contribution is -2.33. The number of hydrogen-bond donors (Lipinski definition) is 2. The van der Waals surface area contributed by atoms with E-state index in [-0.39, 0.29) is 11.8 Å². The van der Waals surface area contributed by atoms with Gasteiger partial charge in [-0.3, -0.25) is 14.9 Å². The third kappa shape index (κ3) is 4.75. The zero-order valence-corrected chi connectivity index (χ0v) is 10.2. The molecule has 0 aromatic heterocycles. The van der Waals surface area contributed by atoms with Crippen molar-refractivity contribution >= 4 is 11.8 Å². The van der Waals surface area contributed by atoms with Crippen molar-refractivity contribution in [3.63, 3.8) is 0 Å². The fourth-order valence-electron chi connectivity index (χ4n) is 1.94. The highest BCUT2D eigenvalue weighted by atomic mass is 16.2. The molecule has 92 valence electrons. The smallest absolute Gasteiger partial charge is 0.226 e. The van der Waals surface area contributed by atoms with Crippen LogP contribution in [0.3, 0.4) is 0 Å².